The molecule has 1 fully saturated rings. The van der Waals surface area contributed by atoms with Crippen molar-refractivity contribution in [1.29, 1.82) is 0 Å². The molecule has 0 aliphatic carbocycles. The number of aryl methyl sites for hydroxylation is 1. The molecule has 2 aromatic heterocycles. The third-order valence-corrected chi connectivity index (χ3v) is 6.05. The zero-order valence-corrected chi connectivity index (χ0v) is 17.9. The summed E-state index contributed by atoms with van der Waals surface area (Å²) < 4.78 is 11.3. The van der Waals surface area contributed by atoms with Crippen LogP contribution in [0.25, 0.3) is 16.7 Å². The SMILES string of the molecule is CCN1CCN(Cn2nc3n(CCCOC)c(=O)c4ccccc4n3c2=S)CC1. The fourth-order valence-electron chi connectivity index (χ4n) is 3.96. The van der Waals surface area contributed by atoms with Gasteiger partial charge in [-0.1, -0.05) is 19.1 Å². The number of ether oxygens (including phenoxy) is 1. The van der Waals surface area contributed by atoms with Crippen LogP contribution in [0, 0.1) is 4.77 Å². The molecular weight excluding hydrogens is 388 g/mol. The van der Waals surface area contributed by atoms with E-state index in [-0.39, 0.29) is 5.56 Å². The van der Waals surface area contributed by atoms with Gasteiger partial charge in [0.05, 0.1) is 17.6 Å². The lowest BCUT2D eigenvalue weighted by molar-refractivity contribution is 0.106. The van der Waals surface area contributed by atoms with Gasteiger partial charge in [0, 0.05) is 46.4 Å². The largest absolute Gasteiger partial charge is 0.385 e. The van der Waals surface area contributed by atoms with Crippen molar-refractivity contribution in [3.63, 3.8) is 0 Å². The van der Waals surface area contributed by atoms with Crippen molar-refractivity contribution in [1.82, 2.24) is 28.5 Å². The van der Waals surface area contributed by atoms with Gasteiger partial charge in [-0.2, -0.15) is 0 Å². The second-order valence-corrected chi connectivity index (χ2v) is 7.80. The Morgan fingerprint density at radius 2 is 1.86 bits per heavy atom. The van der Waals surface area contributed by atoms with Crippen LogP contribution in [0.15, 0.2) is 29.1 Å². The average Bonchev–Trinajstić information content (AvgIpc) is 3.07. The molecule has 0 atom stereocenters. The van der Waals surface area contributed by atoms with Crippen LogP contribution in [-0.4, -0.2) is 75.0 Å². The zero-order chi connectivity index (χ0) is 20.4. The molecule has 3 aromatic rings. The molecule has 1 aliphatic heterocycles. The van der Waals surface area contributed by atoms with E-state index in [9.17, 15) is 4.79 Å². The fourth-order valence-corrected chi connectivity index (χ4v) is 4.24. The molecule has 4 rings (SSSR count). The molecular formula is C20H28N6O2S. The van der Waals surface area contributed by atoms with Gasteiger partial charge in [0.15, 0.2) is 0 Å². The van der Waals surface area contributed by atoms with Gasteiger partial charge in [-0.25, -0.2) is 4.68 Å². The van der Waals surface area contributed by atoms with Crippen molar-refractivity contribution in [2.75, 3.05) is 46.4 Å². The number of methoxy groups -OCH3 is 1. The van der Waals surface area contributed by atoms with E-state index in [1.807, 2.05) is 33.3 Å². The molecule has 0 amide bonds. The Kier molecular flexibility index (Phi) is 6.09. The third kappa shape index (κ3) is 3.87. The van der Waals surface area contributed by atoms with E-state index in [0.717, 1.165) is 44.7 Å². The first-order chi connectivity index (χ1) is 14.1. The van der Waals surface area contributed by atoms with Crippen LogP contribution in [0.5, 0.6) is 0 Å². The fraction of sp³-hybridized carbons (Fsp3) is 0.550. The van der Waals surface area contributed by atoms with Crippen molar-refractivity contribution >= 4 is 28.9 Å². The Bertz CT molecular complexity index is 1110. The summed E-state index contributed by atoms with van der Waals surface area (Å²) in [6, 6.07) is 7.61. The van der Waals surface area contributed by atoms with E-state index >= 15 is 0 Å². The molecule has 3 heterocycles. The van der Waals surface area contributed by atoms with Crippen molar-refractivity contribution in [3.05, 3.63) is 39.4 Å². The van der Waals surface area contributed by atoms with Gasteiger partial charge < -0.3 is 9.64 Å². The van der Waals surface area contributed by atoms with Crippen LogP contribution in [0.2, 0.25) is 0 Å². The monoisotopic (exact) mass is 416 g/mol. The Hall–Kier alpha value is -2.07. The number of likely N-dealkylation sites (N-methyl/N-ethyl adjacent to an activating group) is 1. The van der Waals surface area contributed by atoms with Crippen LogP contribution in [0.4, 0.5) is 0 Å². The zero-order valence-electron chi connectivity index (χ0n) is 17.1. The predicted octanol–water partition coefficient (Wildman–Crippen LogP) is 1.81. The minimum absolute atomic E-state index is 0.0343. The number of aromatic nitrogens is 4. The highest BCUT2D eigenvalue weighted by atomic mass is 32.1. The van der Waals surface area contributed by atoms with Crippen molar-refractivity contribution in [2.45, 2.75) is 26.6 Å². The van der Waals surface area contributed by atoms with E-state index < -0.39 is 0 Å². The molecule has 0 radical (unpaired) electrons. The summed E-state index contributed by atoms with van der Waals surface area (Å²) in [6.45, 7) is 9.15. The van der Waals surface area contributed by atoms with E-state index in [4.69, 9.17) is 22.1 Å². The molecule has 1 saturated heterocycles. The van der Waals surface area contributed by atoms with Gasteiger partial charge >= 0.3 is 0 Å². The lowest BCUT2D eigenvalue weighted by Gasteiger charge is -2.33. The Morgan fingerprint density at radius 3 is 2.59 bits per heavy atom. The van der Waals surface area contributed by atoms with Crippen LogP contribution < -0.4 is 5.56 Å². The first-order valence-corrected chi connectivity index (χ1v) is 10.6. The number of fused-ring (bicyclic) bond motifs is 3. The summed E-state index contributed by atoms with van der Waals surface area (Å²) in [5.41, 5.74) is 0.774. The predicted molar refractivity (Wildman–Crippen MR) is 116 cm³/mol. The molecule has 1 aliphatic rings. The summed E-state index contributed by atoms with van der Waals surface area (Å²) in [5.74, 6) is 0.599. The van der Waals surface area contributed by atoms with Gasteiger partial charge in [0.1, 0.15) is 0 Å². The summed E-state index contributed by atoms with van der Waals surface area (Å²) in [6.07, 6.45) is 0.739. The third-order valence-electron chi connectivity index (χ3n) is 5.66. The molecule has 0 N–H and O–H groups in total. The number of rotatable bonds is 7. The van der Waals surface area contributed by atoms with Gasteiger partial charge in [-0.3, -0.25) is 18.7 Å². The van der Waals surface area contributed by atoms with E-state index in [1.165, 1.54) is 0 Å². The Labute approximate surface area is 174 Å². The Balaban J connectivity index is 1.77. The van der Waals surface area contributed by atoms with Crippen LogP contribution >= 0.6 is 12.2 Å². The highest BCUT2D eigenvalue weighted by Gasteiger charge is 2.19. The molecule has 0 bridgehead atoms. The lowest BCUT2D eigenvalue weighted by Crippen LogP contribution is -2.46. The number of benzene rings is 1. The first kappa shape index (κ1) is 20.2. The minimum Gasteiger partial charge on any atom is -0.385 e. The van der Waals surface area contributed by atoms with Crippen LogP contribution in [-0.2, 0) is 18.0 Å². The summed E-state index contributed by atoms with van der Waals surface area (Å²) >= 11 is 5.79. The topological polar surface area (TPSA) is 59.9 Å². The number of nitrogens with zero attached hydrogens (tertiary/aromatic N) is 6. The normalized spacial score (nSPS) is 16.2. The minimum atomic E-state index is -0.0343. The van der Waals surface area contributed by atoms with Crippen molar-refractivity contribution in [2.24, 2.45) is 0 Å². The van der Waals surface area contributed by atoms with Gasteiger partial charge in [0.25, 0.3) is 5.56 Å². The average molecular weight is 417 g/mol. The van der Waals surface area contributed by atoms with Gasteiger partial charge in [-0.15, -0.1) is 5.10 Å². The second kappa shape index (κ2) is 8.74. The van der Waals surface area contributed by atoms with E-state index in [2.05, 4.69) is 16.7 Å². The van der Waals surface area contributed by atoms with Gasteiger partial charge in [0.2, 0.25) is 10.5 Å². The molecule has 9 heteroatoms. The summed E-state index contributed by atoms with van der Waals surface area (Å²) in [4.78, 5) is 17.9. The lowest BCUT2D eigenvalue weighted by atomic mass is 10.2. The molecule has 0 spiro atoms. The Morgan fingerprint density at radius 1 is 1.14 bits per heavy atom. The van der Waals surface area contributed by atoms with E-state index in [1.54, 1.807) is 11.7 Å². The highest BCUT2D eigenvalue weighted by molar-refractivity contribution is 7.71. The molecule has 29 heavy (non-hydrogen) atoms. The van der Waals surface area contributed by atoms with Crippen molar-refractivity contribution < 1.29 is 4.74 Å². The molecule has 156 valence electrons. The molecule has 0 unspecified atom stereocenters. The first-order valence-electron chi connectivity index (χ1n) is 10.2. The van der Waals surface area contributed by atoms with Crippen LogP contribution in [0.1, 0.15) is 13.3 Å². The van der Waals surface area contributed by atoms with E-state index in [0.29, 0.717) is 35.8 Å². The molecule has 0 saturated carbocycles. The quantitative estimate of drug-likeness (QED) is 0.433. The summed E-state index contributed by atoms with van der Waals surface area (Å²) in [7, 11) is 1.67. The smallest absolute Gasteiger partial charge is 0.262 e. The second-order valence-electron chi connectivity index (χ2n) is 7.43. The van der Waals surface area contributed by atoms with Crippen LogP contribution in [0.3, 0.4) is 0 Å². The van der Waals surface area contributed by atoms with Gasteiger partial charge in [-0.05, 0) is 37.3 Å². The number of hydrogen-bond acceptors (Lipinski definition) is 6. The molecule has 8 nitrogen and oxygen atoms in total. The maximum absolute atomic E-state index is 13.1. The maximum atomic E-state index is 13.1. The number of piperazine rings is 1. The summed E-state index contributed by atoms with van der Waals surface area (Å²) in [5, 5.41) is 5.43. The standard InChI is InChI=1S/C20H28N6O2S/c1-3-22-10-12-23(13-11-22)15-25-20(29)26-17-8-5-4-7-16(17)18(27)24(19(26)21-25)9-6-14-28-2/h4-5,7-8H,3,6,9-15H2,1-2H3. The highest BCUT2D eigenvalue weighted by Crippen LogP contribution is 2.15. The molecule has 1 aromatic carbocycles. The maximum Gasteiger partial charge on any atom is 0.262 e. The number of para-hydroxylation sites is 1. The number of hydrogen-bond donors (Lipinski definition) is 0. The van der Waals surface area contributed by atoms with Crippen molar-refractivity contribution in [3.8, 4) is 0 Å².